The number of nitrogens with one attached hydrogen (secondary N) is 2. The Morgan fingerprint density at radius 3 is 1.35 bits per heavy atom. The second-order valence-electron chi connectivity index (χ2n) is 6.07. The van der Waals surface area contributed by atoms with Crippen molar-refractivity contribution < 1.29 is 19.8 Å². The molecule has 4 N–H and O–H groups in total. The zero-order chi connectivity index (χ0) is 18.8. The summed E-state index contributed by atoms with van der Waals surface area (Å²) in [6, 6.07) is 17.4. The molecule has 2 rings (SSSR count). The molecule has 0 bridgehead atoms. The number of rotatable bonds is 11. The molecule has 26 heavy (non-hydrogen) atoms. The summed E-state index contributed by atoms with van der Waals surface area (Å²) < 4.78 is 0. The maximum absolute atomic E-state index is 11.4. The third-order valence-electron chi connectivity index (χ3n) is 4.07. The summed E-state index contributed by atoms with van der Waals surface area (Å²) in [5.41, 5.74) is 1.88. The first-order valence-corrected chi connectivity index (χ1v) is 8.56. The normalized spacial score (nSPS) is 13.1. The number of hydrogen-bond acceptors (Lipinski definition) is 4. The van der Waals surface area contributed by atoms with Gasteiger partial charge >= 0.3 is 11.9 Å². The second kappa shape index (κ2) is 10.3. The zero-order valence-electron chi connectivity index (χ0n) is 14.5. The van der Waals surface area contributed by atoms with E-state index in [0.717, 1.165) is 11.1 Å². The molecule has 0 amide bonds. The Morgan fingerprint density at radius 2 is 1.04 bits per heavy atom. The first-order chi connectivity index (χ1) is 12.6. The number of hydrogen-bond donors (Lipinski definition) is 4. The molecule has 0 aliphatic heterocycles. The number of aliphatic carboxylic acids is 2. The van der Waals surface area contributed by atoms with E-state index >= 15 is 0 Å². The van der Waals surface area contributed by atoms with Crippen LogP contribution < -0.4 is 10.6 Å². The monoisotopic (exact) mass is 356 g/mol. The van der Waals surface area contributed by atoms with Gasteiger partial charge in [0.25, 0.3) is 0 Å². The van der Waals surface area contributed by atoms with E-state index < -0.39 is 24.0 Å². The van der Waals surface area contributed by atoms with E-state index in [4.69, 9.17) is 0 Å². The fraction of sp³-hybridized carbons (Fsp3) is 0.300. The molecular weight excluding hydrogens is 332 g/mol. The fourth-order valence-corrected chi connectivity index (χ4v) is 2.69. The van der Waals surface area contributed by atoms with Crippen molar-refractivity contribution in [3.05, 3.63) is 71.8 Å². The lowest BCUT2D eigenvalue weighted by Gasteiger charge is -2.17. The van der Waals surface area contributed by atoms with Gasteiger partial charge in [-0.25, -0.2) is 0 Å². The van der Waals surface area contributed by atoms with E-state index in [1.807, 2.05) is 60.7 Å². The van der Waals surface area contributed by atoms with E-state index in [1.54, 1.807) is 0 Å². The highest BCUT2D eigenvalue weighted by Crippen LogP contribution is 2.04. The summed E-state index contributed by atoms with van der Waals surface area (Å²) in [5, 5.41) is 24.6. The highest BCUT2D eigenvalue weighted by molar-refractivity contribution is 5.74. The van der Waals surface area contributed by atoms with Crippen LogP contribution in [0.25, 0.3) is 0 Å². The van der Waals surface area contributed by atoms with Gasteiger partial charge < -0.3 is 20.8 Å². The molecule has 0 aliphatic rings. The lowest BCUT2D eigenvalue weighted by Crippen LogP contribution is -2.45. The minimum atomic E-state index is -0.923. The van der Waals surface area contributed by atoms with Gasteiger partial charge in [-0.05, 0) is 24.0 Å². The minimum absolute atomic E-state index is 0.363. The van der Waals surface area contributed by atoms with E-state index in [1.165, 1.54) is 0 Å². The van der Waals surface area contributed by atoms with Crippen molar-refractivity contribution in [2.24, 2.45) is 0 Å². The van der Waals surface area contributed by atoms with Crippen LogP contribution in [-0.2, 0) is 22.4 Å². The van der Waals surface area contributed by atoms with Crippen LogP contribution >= 0.6 is 0 Å². The van der Waals surface area contributed by atoms with Crippen LogP contribution in [0.4, 0.5) is 0 Å². The Balaban J connectivity index is 1.80. The van der Waals surface area contributed by atoms with Gasteiger partial charge in [0.1, 0.15) is 12.1 Å². The van der Waals surface area contributed by atoms with Crippen LogP contribution in [0.1, 0.15) is 11.1 Å². The number of carboxylic acid groups (broad SMARTS) is 2. The van der Waals surface area contributed by atoms with Crippen molar-refractivity contribution in [1.29, 1.82) is 0 Å². The smallest absolute Gasteiger partial charge is 0.321 e. The summed E-state index contributed by atoms with van der Waals surface area (Å²) in [6.07, 6.45) is 0.755. The van der Waals surface area contributed by atoms with Gasteiger partial charge in [-0.15, -0.1) is 0 Å². The molecule has 0 spiro atoms. The predicted octanol–water partition coefficient (Wildman–Crippen LogP) is 1.56. The van der Waals surface area contributed by atoms with Gasteiger partial charge in [0, 0.05) is 13.1 Å². The quantitative estimate of drug-likeness (QED) is 0.456. The number of benzene rings is 2. The molecule has 0 aromatic heterocycles. The summed E-state index contributed by atoms with van der Waals surface area (Å²) in [5.74, 6) is -1.85. The van der Waals surface area contributed by atoms with Gasteiger partial charge in [0.05, 0.1) is 0 Å². The largest absolute Gasteiger partial charge is 0.480 e. The molecule has 6 heteroatoms. The number of carboxylic acids is 2. The molecule has 0 heterocycles. The summed E-state index contributed by atoms with van der Waals surface area (Å²) in [7, 11) is 0. The van der Waals surface area contributed by atoms with Crippen LogP contribution in [0.3, 0.4) is 0 Å². The average Bonchev–Trinajstić information content (AvgIpc) is 2.64. The first kappa shape index (κ1) is 19.6. The molecule has 2 atom stereocenters. The molecule has 6 nitrogen and oxygen atoms in total. The van der Waals surface area contributed by atoms with Gasteiger partial charge in [-0.3, -0.25) is 9.59 Å². The zero-order valence-corrected chi connectivity index (χ0v) is 14.5. The predicted molar refractivity (Wildman–Crippen MR) is 99.1 cm³/mol. The Bertz CT molecular complexity index is 630. The van der Waals surface area contributed by atoms with Crippen molar-refractivity contribution in [1.82, 2.24) is 10.6 Å². The standard InChI is InChI=1S/C20H24N2O4/c23-19(24)17(13-15-7-3-1-4-8-15)21-11-12-22-18(20(25)26)14-16-9-5-2-6-10-16/h1-10,17-18,21-22H,11-14H2,(H,23,24)(H,25,26)/t17-,18-/m0/s1. The molecule has 0 radical (unpaired) electrons. The lowest BCUT2D eigenvalue weighted by molar-refractivity contribution is -0.140. The molecule has 138 valence electrons. The van der Waals surface area contributed by atoms with Gasteiger partial charge in [0.15, 0.2) is 0 Å². The Hall–Kier alpha value is -2.70. The van der Waals surface area contributed by atoms with Crippen molar-refractivity contribution in [3.8, 4) is 0 Å². The highest BCUT2D eigenvalue weighted by Gasteiger charge is 2.19. The molecule has 0 saturated carbocycles. The molecule has 0 unspecified atom stereocenters. The third-order valence-corrected chi connectivity index (χ3v) is 4.07. The van der Waals surface area contributed by atoms with Gasteiger partial charge in [0.2, 0.25) is 0 Å². The topological polar surface area (TPSA) is 98.7 Å². The van der Waals surface area contributed by atoms with E-state index in [-0.39, 0.29) is 0 Å². The van der Waals surface area contributed by atoms with Crippen LogP contribution in [-0.4, -0.2) is 47.3 Å². The molecule has 2 aromatic carbocycles. The highest BCUT2D eigenvalue weighted by atomic mass is 16.4. The van der Waals surface area contributed by atoms with Gasteiger partial charge in [-0.2, -0.15) is 0 Å². The molecule has 2 aromatic rings. The summed E-state index contributed by atoms with van der Waals surface area (Å²) in [6.45, 7) is 0.727. The first-order valence-electron chi connectivity index (χ1n) is 8.56. The maximum atomic E-state index is 11.4. The lowest BCUT2D eigenvalue weighted by atomic mass is 10.1. The second-order valence-corrected chi connectivity index (χ2v) is 6.07. The summed E-state index contributed by atoms with van der Waals surface area (Å²) in [4.78, 5) is 22.8. The van der Waals surface area contributed by atoms with Crippen LogP contribution in [0, 0.1) is 0 Å². The average molecular weight is 356 g/mol. The summed E-state index contributed by atoms with van der Waals surface area (Å²) >= 11 is 0. The Kier molecular flexibility index (Phi) is 7.79. The van der Waals surface area contributed by atoms with Crippen LogP contribution in [0.5, 0.6) is 0 Å². The molecule has 0 aliphatic carbocycles. The SMILES string of the molecule is O=C(O)[C@H](Cc1ccccc1)NCCN[C@@H](Cc1ccccc1)C(=O)O. The van der Waals surface area contributed by atoms with Crippen molar-refractivity contribution in [2.45, 2.75) is 24.9 Å². The van der Waals surface area contributed by atoms with E-state index in [2.05, 4.69) is 10.6 Å². The van der Waals surface area contributed by atoms with Crippen LogP contribution in [0.2, 0.25) is 0 Å². The molecule has 0 fully saturated rings. The molecular formula is C20H24N2O4. The maximum Gasteiger partial charge on any atom is 0.321 e. The molecule has 0 saturated heterocycles. The van der Waals surface area contributed by atoms with Gasteiger partial charge in [-0.1, -0.05) is 60.7 Å². The Morgan fingerprint density at radius 1 is 0.692 bits per heavy atom. The van der Waals surface area contributed by atoms with E-state index in [9.17, 15) is 19.8 Å². The van der Waals surface area contributed by atoms with Crippen molar-refractivity contribution in [2.75, 3.05) is 13.1 Å². The van der Waals surface area contributed by atoms with E-state index in [0.29, 0.717) is 25.9 Å². The minimum Gasteiger partial charge on any atom is -0.480 e. The Labute approximate surface area is 152 Å². The third kappa shape index (κ3) is 6.66. The fourth-order valence-electron chi connectivity index (χ4n) is 2.69. The van der Waals surface area contributed by atoms with Crippen molar-refractivity contribution in [3.63, 3.8) is 0 Å². The van der Waals surface area contributed by atoms with Crippen molar-refractivity contribution >= 4 is 11.9 Å². The number of carbonyl (C=O) groups is 2. The van der Waals surface area contributed by atoms with Crippen LogP contribution in [0.15, 0.2) is 60.7 Å².